The van der Waals surface area contributed by atoms with Crippen molar-refractivity contribution >= 4 is 0 Å². The predicted octanol–water partition coefficient (Wildman–Crippen LogP) is 4.20. The number of hydrogen-bond acceptors (Lipinski definition) is 1. The predicted molar refractivity (Wildman–Crippen MR) is 60.4 cm³/mol. The Balaban J connectivity index is 0. The van der Waals surface area contributed by atoms with Crippen LogP contribution in [0.4, 0.5) is 4.39 Å². The van der Waals surface area contributed by atoms with Crippen LogP contribution in [0.5, 0.6) is 5.75 Å². The van der Waals surface area contributed by atoms with Crippen molar-refractivity contribution in [2.45, 2.75) is 34.6 Å². The molecule has 0 aliphatic rings. The standard InChI is InChI=1S/C8H9FO.2C2H6/c1-6-3-4-7(10-2)5-8(6)9;2*1-2/h3-5H,1-2H3;2*1-2H3. The third-order valence-electron chi connectivity index (χ3n) is 1.38. The Morgan fingerprint density at radius 2 is 1.57 bits per heavy atom. The van der Waals surface area contributed by atoms with Crippen molar-refractivity contribution in [2.75, 3.05) is 7.11 Å². The van der Waals surface area contributed by atoms with E-state index in [9.17, 15) is 4.39 Å². The molecule has 0 aromatic heterocycles. The molecule has 0 saturated carbocycles. The average Bonchev–Trinajstić information content (AvgIpc) is 2.28. The van der Waals surface area contributed by atoms with E-state index in [1.165, 1.54) is 13.2 Å². The van der Waals surface area contributed by atoms with Gasteiger partial charge in [-0.15, -0.1) is 0 Å². The SMILES string of the molecule is CC.CC.COc1ccc(C)c(F)c1. The molecule has 0 amide bonds. The van der Waals surface area contributed by atoms with Gasteiger partial charge < -0.3 is 4.74 Å². The van der Waals surface area contributed by atoms with Crippen LogP contribution in [0.1, 0.15) is 33.3 Å². The lowest BCUT2D eigenvalue weighted by Gasteiger charge is -1.99. The van der Waals surface area contributed by atoms with E-state index in [-0.39, 0.29) is 5.82 Å². The maximum absolute atomic E-state index is 12.7. The second kappa shape index (κ2) is 10.0. The molecule has 0 aliphatic heterocycles. The maximum atomic E-state index is 12.7. The van der Waals surface area contributed by atoms with Crippen LogP contribution in [0.15, 0.2) is 18.2 Å². The van der Waals surface area contributed by atoms with Crippen LogP contribution in [-0.4, -0.2) is 7.11 Å². The van der Waals surface area contributed by atoms with Gasteiger partial charge in [0.25, 0.3) is 0 Å². The van der Waals surface area contributed by atoms with Crippen molar-refractivity contribution in [3.8, 4) is 5.75 Å². The van der Waals surface area contributed by atoms with Gasteiger partial charge in [0.15, 0.2) is 0 Å². The van der Waals surface area contributed by atoms with Crippen molar-refractivity contribution < 1.29 is 9.13 Å². The molecule has 0 spiro atoms. The minimum atomic E-state index is -0.223. The van der Waals surface area contributed by atoms with Crippen LogP contribution in [0, 0.1) is 12.7 Å². The molecule has 0 fully saturated rings. The molecular weight excluding hydrogens is 179 g/mol. The van der Waals surface area contributed by atoms with Gasteiger partial charge in [-0.05, 0) is 18.6 Å². The van der Waals surface area contributed by atoms with Crippen molar-refractivity contribution in [3.05, 3.63) is 29.6 Å². The van der Waals surface area contributed by atoms with E-state index in [4.69, 9.17) is 4.74 Å². The van der Waals surface area contributed by atoms with Crippen molar-refractivity contribution in [3.63, 3.8) is 0 Å². The zero-order valence-electron chi connectivity index (χ0n) is 10.0. The van der Waals surface area contributed by atoms with Crippen LogP contribution in [-0.2, 0) is 0 Å². The summed E-state index contributed by atoms with van der Waals surface area (Å²) in [6.45, 7) is 9.72. The van der Waals surface area contributed by atoms with Gasteiger partial charge in [-0.3, -0.25) is 0 Å². The summed E-state index contributed by atoms with van der Waals surface area (Å²) >= 11 is 0. The molecule has 0 heterocycles. The molecule has 1 aromatic carbocycles. The zero-order valence-corrected chi connectivity index (χ0v) is 10.0. The molecule has 2 heteroatoms. The molecule has 0 radical (unpaired) electrons. The minimum Gasteiger partial charge on any atom is -0.497 e. The van der Waals surface area contributed by atoms with Gasteiger partial charge in [0.1, 0.15) is 11.6 Å². The van der Waals surface area contributed by atoms with E-state index in [0.29, 0.717) is 11.3 Å². The molecule has 0 atom stereocenters. The number of rotatable bonds is 1. The Kier molecular flexibility index (Phi) is 11.1. The molecule has 0 bridgehead atoms. The van der Waals surface area contributed by atoms with Gasteiger partial charge in [0.05, 0.1) is 7.11 Å². The number of ether oxygens (including phenoxy) is 1. The van der Waals surface area contributed by atoms with Crippen LogP contribution in [0.2, 0.25) is 0 Å². The number of benzene rings is 1. The number of aryl methyl sites for hydroxylation is 1. The summed E-state index contributed by atoms with van der Waals surface area (Å²) in [5.41, 5.74) is 0.640. The molecule has 0 N–H and O–H groups in total. The van der Waals surface area contributed by atoms with Crippen LogP contribution < -0.4 is 4.74 Å². The molecule has 82 valence electrons. The van der Waals surface area contributed by atoms with E-state index in [1.807, 2.05) is 27.7 Å². The Labute approximate surface area is 86.9 Å². The highest BCUT2D eigenvalue weighted by Gasteiger charge is 1.96. The molecule has 1 rings (SSSR count). The van der Waals surface area contributed by atoms with Crippen molar-refractivity contribution in [1.29, 1.82) is 0 Å². The van der Waals surface area contributed by atoms with Crippen molar-refractivity contribution in [1.82, 2.24) is 0 Å². The third-order valence-corrected chi connectivity index (χ3v) is 1.38. The summed E-state index contributed by atoms with van der Waals surface area (Å²) in [5.74, 6) is 0.336. The van der Waals surface area contributed by atoms with E-state index >= 15 is 0 Å². The van der Waals surface area contributed by atoms with Crippen molar-refractivity contribution in [2.24, 2.45) is 0 Å². The lowest BCUT2D eigenvalue weighted by molar-refractivity contribution is 0.411. The zero-order chi connectivity index (χ0) is 11.6. The normalized spacial score (nSPS) is 7.64. The number of methoxy groups -OCH3 is 1. The second-order valence-electron chi connectivity index (χ2n) is 2.12. The first-order valence-corrected chi connectivity index (χ1v) is 5.04. The quantitative estimate of drug-likeness (QED) is 0.660. The summed E-state index contributed by atoms with van der Waals surface area (Å²) in [6.07, 6.45) is 0. The molecule has 1 nitrogen and oxygen atoms in total. The van der Waals surface area contributed by atoms with Gasteiger partial charge in [-0.25, -0.2) is 4.39 Å². The van der Waals surface area contributed by atoms with Crippen LogP contribution in [0.25, 0.3) is 0 Å². The van der Waals surface area contributed by atoms with E-state index in [0.717, 1.165) is 0 Å². The molecular formula is C12H21FO. The Morgan fingerprint density at radius 3 is 1.93 bits per heavy atom. The van der Waals surface area contributed by atoms with Gasteiger partial charge in [-0.1, -0.05) is 33.8 Å². The van der Waals surface area contributed by atoms with Crippen LogP contribution in [0.3, 0.4) is 0 Å². The fourth-order valence-electron chi connectivity index (χ4n) is 0.701. The lowest BCUT2D eigenvalue weighted by atomic mass is 10.2. The van der Waals surface area contributed by atoms with E-state index in [2.05, 4.69) is 0 Å². The fourth-order valence-corrected chi connectivity index (χ4v) is 0.701. The maximum Gasteiger partial charge on any atom is 0.129 e. The van der Waals surface area contributed by atoms with Gasteiger partial charge in [0.2, 0.25) is 0 Å². The summed E-state index contributed by atoms with van der Waals surface area (Å²) in [4.78, 5) is 0. The Bertz CT molecular complexity index is 234. The highest BCUT2D eigenvalue weighted by atomic mass is 19.1. The smallest absolute Gasteiger partial charge is 0.129 e. The summed E-state index contributed by atoms with van der Waals surface area (Å²) in [5, 5.41) is 0. The van der Waals surface area contributed by atoms with E-state index < -0.39 is 0 Å². The second-order valence-corrected chi connectivity index (χ2v) is 2.12. The molecule has 14 heavy (non-hydrogen) atoms. The topological polar surface area (TPSA) is 9.23 Å². The Morgan fingerprint density at radius 1 is 1.07 bits per heavy atom. The molecule has 1 aromatic rings. The first-order chi connectivity index (χ1) is 6.74. The Hall–Kier alpha value is -1.05. The molecule has 0 unspecified atom stereocenters. The van der Waals surface area contributed by atoms with Gasteiger partial charge in [0, 0.05) is 6.07 Å². The summed E-state index contributed by atoms with van der Waals surface area (Å²) in [7, 11) is 1.52. The molecule has 0 aliphatic carbocycles. The number of hydrogen-bond donors (Lipinski definition) is 0. The first kappa shape index (κ1) is 15.4. The van der Waals surface area contributed by atoms with Gasteiger partial charge in [-0.2, -0.15) is 0 Å². The summed E-state index contributed by atoms with van der Waals surface area (Å²) < 4.78 is 17.5. The average molecular weight is 200 g/mol. The van der Waals surface area contributed by atoms with Gasteiger partial charge >= 0.3 is 0 Å². The lowest BCUT2D eigenvalue weighted by Crippen LogP contribution is -1.85. The first-order valence-electron chi connectivity index (χ1n) is 5.04. The number of halogens is 1. The molecule has 0 saturated heterocycles. The van der Waals surface area contributed by atoms with Crippen LogP contribution >= 0.6 is 0 Å². The highest BCUT2D eigenvalue weighted by Crippen LogP contribution is 2.14. The summed E-state index contributed by atoms with van der Waals surface area (Å²) in [6, 6.07) is 4.79. The monoisotopic (exact) mass is 200 g/mol. The third kappa shape index (κ3) is 5.57. The van der Waals surface area contributed by atoms with E-state index in [1.54, 1.807) is 19.1 Å². The largest absolute Gasteiger partial charge is 0.497 e. The highest BCUT2D eigenvalue weighted by molar-refractivity contribution is 5.27. The minimum absolute atomic E-state index is 0.223. The fraction of sp³-hybridized carbons (Fsp3) is 0.500.